The molecule has 0 amide bonds. The number of likely N-dealkylation sites (tertiary alicyclic amines) is 1. The molecule has 1 N–H and O–H groups in total. The molecule has 1 fully saturated rings. The Labute approximate surface area is 185 Å². The van der Waals surface area contributed by atoms with E-state index in [0.29, 0.717) is 24.1 Å². The van der Waals surface area contributed by atoms with Gasteiger partial charge < -0.3 is 14.8 Å². The largest absolute Gasteiger partial charge is 0.493 e. The normalized spacial score (nSPS) is 16.6. The molecule has 2 aromatic rings. The van der Waals surface area contributed by atoms with Crippen LogP contribution in [0.5, 0.6) is 11.5 Å². The minimum absolute atomic E-state index is 0.0654. The molecule has 30 heavy (non-hydrogen) atoms. The summed E-state index contributed by atoms with van der Waals surface area (Å²) < 4.78 is 12.4. The predicted octanol–water partition coefficient (Wildman–Crippen LogP) is 4.52. The summed E-state index contributed by atoms with van der Waals surface area (Å²) in [4.78, 5) is 12.9. The first-order valence-electron chi connectivity index (χ1n) is 10.2. The summed E-state index contributed by atoms with van der Waals surface area (Å²) in [5.41, 5.74) is 2.02. The molecule has 3 rings (SSSR count). The molecule has 1 aliphatic rings. The van der Waals surface area contributed by atoms with Crippen molar-refractivity contribution in [2.75, 3.05) is 26.7 Å². The van der Waals surface area contributed by atoms with Gasteiger partial charge in [0.25, 0.3) is 5.69 Å². The monoisotopic (exact) mass is 477 g/mol. The summed E-state index contributed by atoms with van der Waals surface area (Å²) >= 11 is 3.64. The van der Waals surface area contributed by atoms with Crippen molar-refractivity contribution < 1.29 is 14.4 Å². The van der Waals surface area contributed by atoms with Crippen LogP contribution in [0.3, 0.4) is 0 Å². The van der Waals surface area contributed by atoms with Gasteiger partial charge in [0.15, 0.2) is 11.5 Å². The summed E-state index contributed by atoms with van der Waals surface area (Å²) in [5, 5.41) is 14.3. The highest BCUT2D eigenvalue weighted by molar-refractivity contribution is 9.10. The van der Waals surface area contributed by atoms with Gasteiger partial charge in [0.2, 0.25) is 0 Å². The average Bonchev–Trinajstić information content (AvgIpc) is 3.21. The van der Waals surface area contributed by atoms with Gasteiger partial charge in [0, 0.05) is 35.7 Å². The van der Waals surface area contributed by atoms with E-state index in [2.05, 4.69) is 33.1 Å². The lowest BCUT2D eigenvalue weighted by Crippen LogP contribution is -2.37. The number of ether oxygens (including phenoxy) is 2. The molecule has 2 aromatic carbocycles. The van der Waals surface area contributed by atoms with Crippen LogP contribution in [0.15, 0.2) is 40.9 Å². The van der Waals surface area contributed by atoms with Gasteiger partial charge in [-0.05, 0) is 61.3 Å². The molecule has 0 aliphatic carbocycles. The Morgan fingerprint density at radius 2 is 2.03 bits per heavy atom. The zero-order chi connectivity index (χ0) is 21.5. The fraction of sp³-hybridized carbons (Fsp3) is 0.455. The molecule has 8 heteroatoms. The molecule has 0 radical (unpaired) electrons. The Bertz CT molecular complexity index is 860. The van der Waals surface area contributed by atoms with Crippen molar-refractivity contribution in [2.24, 2.45) is 0 Å². The number of nitrogens with zero attached hydrogens (tertiary/aromatic N) is 2. The number of nitrogens with one attached hydrogen (secondary N) is 1. The molecule has 1 atom stereocenters. The van der Waals surface area contributed by atoms with E-state index in [9.17, 15) is 10.1 Å². The van der Waals surface area contributed by atoms with Gasteiger partial charge in [-0.3, -0.25) is 15.0 Å². The maximum absolute atomic E-state index is 10.8. The van der Waals surface area contributed by atoms with E-state index in [1.807, 2.05) is 12.1 Å². The number of nitro benzene ring substituents is 1. The number of hydrogen-bond donors (Lipinski definition) is 1. The smallest absolute Gasteiger partial charge is 0.269 e. The number of nitro groups is 1. The van der Waals surface area contributed by atoms with E-state index >= 15 is 0 Å². The van der Waals surface area contributed by atoms with Crippen LogP contribution < -0.4 is 14.8 Å². The molecular weight excluding hydrogens is 450 g/mol. The van der Waals surface area contributed by atoms with Gasteiger partial charge in [-0.1, -0.05) is 22.9 Å². The Hall–Kier alpha value is -2.16. The summed E-state index contributed by atoms with van der Waals surface area (Å²) in [6, 6.07) is 10.8. The Morgan fingerprint density at radius 1 is 1.27 bits per heavy atom. The van der Waals surface area contributed by atoms with Crippen LogP contribution in [0, 0.1) is 10.1 Å². The fourth-order valence-electron chi connectivity index (χ4n) is 3.78. The molecule has 0 aromatic heterocycles. The standard InChI is InChI=1S/C22H28BrN3O4/c1-3-25-10-4-5-19(25)14-24-13-17-11-21(29-2)22(12-20(17)23)30-15-16-6-8-18(9-7-16)26(27)28/h6-9,11-12,19,24H,3-5,10,13-15H2,1-2H3. The molecule has 1 heterocycles. The molecular formula is C22H28BrN3O4. The van der Waals surface area contributed by atoms with Crippen molar-refractivity contribution in [3.05, 3.63) is 62.1 Å². The van der Waals surface area contributed by atoms with Crippen molar-refractivity contribution in [2.45, 2.75) is 39.0 Å². The van der Waals surface area contributed by atoms with Gasteiger partial charge in [-0.25, -0.2) is 0 Å². The summed E-state index contributed by atoms with van der Waals surface area (Å²) in [5.74, 6) is 1.28. The van der Waals surface area contributed by atoms with Gasteiger partial charge in [0.05, 0.1) is 12.0 Å². The minimum atomic E-state index is -0.413. The highest BCUT2D eigenvalue weighted by Crippen LogP contribution is 2.34. The molecule has 7 nitrogen and oxygen atoms in total. The molecule has 0 saturated carbocycles. The lowest BCUT2D eigenvalue weighted by Gasteiger charge is -2.23. The zero-order valence-electron chi connectivity index (χ0n) is 17.4. The second kappa shape index (κ2) is 10.7. The van der Waals surface area contributed by atoms with E-state index in [4.69, 9.17) is 9.47 Å². The number of likely N-dealkylation sites (N-methyl/N-ethyl adjacent to an activating group) is 1. The van der Waals surface area contributed by atoms with Crippen molar-refractivity contribution in [1.29, 1.82) is 0 Å². The van der Waals surface area contributed by atoms with Gasteiger partial charge in [-0.2, -0.15) is 0 Å². The maximum atomic E-state index is 10.8. The number of methoxy groups -OCH3 is 1. The average molecular weight is 478 g/mol. The Balaban J connectivity index is 1.59. The quantitative estimate of drug-likeness (QED) is 0.400. The first-order valence-corrected chi connectivity index (χ1v) is 11.0. The van der Waals surface area contributed by atoms with E-state index in [1.165, 1.54) is 31.5 Å². The van der Waals surface area contributed by atoms with Crippen molar-refractivity contribution in [3.8, 4) is 11.5 Å². The third-order valence-electron chi connectivity index (χ3n) is 5.47. The van der Waals surface area contributed by atoms with Crippen LogP contribution in [0.2, 0.25) is 0 Å². The van der Waals surface area contributed by atoms with E-state index in [-0.39, 0.29) is 5.69 Å². The molecule has 1 aliphatic heterocycles. The third kappa shape index (κ3) is 5.71. The predicted molar refractivity (Wildman–Crippen MR) is 120 cm³/mol. The Morgan fingerprint density at radius 3 is 2.70 bits per heavy atom. The first kappa shape index (κ1) is 22.5. The Kier molecular flexibility index (Phi) is 8.07. The van der Waals surface area contributed by atoms with Crippen LogP contribution >= 0.6 is 15.9 Å². The molecule has 0 spiro atoms. The maximum Gasteiger partial charge on any atom is 0.269 e. The molecule has 162 valence electrons. The first-order chi connectivity index (χ1) is 14.5. The second-order valence-electron chi connectivity index (χ2n) is 7.36. The summed E-state index contributed by atoms with van der Waals surface area (Å²) in [6.07, 6.45) is 2.53. The molecule has 0 bridgehead atoms. The third-order valence-corrected chi connectivity index (χ3v) is 6.21. The minimum Gasteiger partial charge on any atom is -0.493 e. The second-order valence-corrected chi connectivity index (χ2v) is 8.22. The number of non-ortho nitro benzene ring substituents is 1. The van der Waals surface area contributed by atoms with Crippen LogP contribution in [-0.2, 0) is 13.2 Å². The lowest BCUT2D eigenvalue weighted by molar-refractivity contribution is -0.384. The highest BCUT2D eigenvalue weighted by atomic mass is 79.9. The highest BCUT2D eigenvalue weighted by Gasteiger charge is 2.22. The molecule has 1 unspecified atom stereocenters. The number of rotatable bonds is 10. The van der Waals surface area contributed by atoms with Crippen LogP contribution in [0.25, 0.3) is 0 Å². The van der Waals surface area contributed by atoms with Crippen molar-refractivity contribution in [1.82, 2.24) is 10.2 Å². The molecule has 1 saturated heterocycles. The summed E-state index contributed by atoms with van der Waals surface area (Å²) in [7, 11) is 1.62. The van der Waals surface area contributed by atoms with Gasteiger partial charge in [0.1, 0.15) is 6.61 Å². The van der Waals surface area contributed by atoms with Crippen LogP contribution in [0.4, 0.5) is 5.69 Å². The summed E-state index contributed by atoms with van der Waals surface area (Å²) in [6.45, 7) is 6.53. The van der Waals surface area contributed by atoms with E-state index in [0.717, 1.165) is 35.2 Å². The number of halogens is 1. The SMILES string of the molecule is CCN1CCCC1CNCc1cc(OC)c(OCc2ccc([N+](=O)[O-])cc2)cc1Br. The van der Waals surface area contributed by atoms with Gasteiger partial charge in [-0.15, -0.1) is 0 Å². The van der Waals surface area contributed by atoms with Crippen molar-refractivity contribution >= 4 is 21.6 Å². The van der Waals surface area contributed by atoms with Crippen LogP contribution in [0.1, 0.15) is 30.9 Å². The van der Waals surface area contributed by atoms with Gasteiger partial charge >= 0.3 is 0 Å². The van der Waals surface area contributed by atoms with Crippen molar-refractivity contribution in [3.63, 3.8) is 0 Å². The zero-order valence-corrected chi connectivity index (χ0v) is 19.0. The number of benzene rings is 2. The van der Waals surface area contributed by atoms with E-state index in [1.54, 1.807) is 19.2 Å². The van der Waals surface area contributed by atoms with E-state index < -0.39 is 4.92 Å². The lowest BCUT2D eigenvalue weighted by atomic mass is 10.1. The van der Waals surface area contributed by atoms with Crippen LogP contribution in [-0.4, -0.2) is 42.6 Å². The topological polar surface area (TPSA) is 76.9 Å². The fourth-order valence-corrected chi connectivity index (χ4v) is 4.24. The number of hydrogen-bond acceptors (Lipinski definition) is 6.